The molecule has 4 N–H and O–H groups in total. The van der Waals surface area contributed by atoms with Gasteiger partial charge in [-0.15, -0.1) is 0 Å². The van der Waals surface area contributed by atoms with Gasteiger partial charge in [-0.25, -0.2) is 14.4 Å². The van der Waals surface area contributed by atoms with Crippen molar-refractivity contribution < 1.29 is 13.9 Å². The van der Waals surface area contributed by atoms with E-state index in [2.05, 4.69) is 14.9 Å². The SMILES string of the molecule is COC[C@@]1(N)CCCN(c2cnc(-c3ccc(OC)c(F)c3)cc2Cn2cnc3c(N)nccc32)C1. The number of anilines is 2. The fourth-order valence-corrected chi connectivity index (χ4v) is 4.98. The number of nitrogen functional groups attached to an aromatic ring is 1. The maximum absolute atomic E-state index is 14.5. The summed E-state index contributed by atoms with van der Waals surface area (Å²) in [4.78, 5) is 15.6. The number of benzene rings is 1. The van der Waals surface area contributed by atoms with Gasteiger partial charge in [-0.3, -0.25) is 4.98 Å². The summed E-state index contributed by atoms with van der Waals surface area (Å²) >= 11 is 0. The van der Waals surface area contributed by atoms with Crippen molar-refractivity contribution >= 4 is 22.5 Å². The third-order valence-corrected chi connectivity index (χ3v) is 6.70. The molecule has 0 spiro atoms. The second kappa shape index (κ2) is 9.71. The van der Waals surface area contributed by atoms with Gasteiger partial charge in [0.25, 0.3) is 0 Å². The van der Waals surface area contributed by atoms with Crippen LogP contribution in [-0.4, -0.2) is 59.0 Å². The quantitative estimate of drug-likeness (QED) is 0.405. The summed E-state index contributed by atoms with van der Waals surface area (Å²) in [5, 5.41) is 0. The van der Waals surface area contributed by atoms with Crippen LogP contribution in [0.4, 0.5) is 15.9 Å². The molecular formula is C26H30FN7O2. The number of ether oxygens (including phenoxy) is 2. The molecule has 1 saturated heterocycles. The maximum Gasteiger partial charge on any atom is 0.165 e. The topological polar surface area (TPSA) is 117 Å². The zero-order chi connectivity index (χ0) is 25.3. The predicted molar refractivity (Wildman–Crippen MR) is 137 cm³/mol. The van der Waals surface area contributed by atoms with Crippen LogP contribution in [0.15, 0.2) is 49.1 Å². The van der Waals surface area contributed by atoms with E-state index in [1.165, 1.54) is 13.2 Å². The number of nitrogens with zero attached hydrogens (tertiary/aromatic N) is 5. The summed E-state index contributed by atoms with van der Waals surface area (Å²) in [6, 6.07) is 8.74. The molecule has 1 aliphatic rings. The van der Waals surface area contributed by atoms with Gasteiger partial charge in [0.15, 0.2) is 17.4 Å². The van der Waals surface area contributed by atoms with Gasteiger partial charge in [-0.2, -0.15) is 0 Å². The van der Waals surface area contributed by atoms with Crippen LogP contribution in [0.2, 0.25) is 0 Å². The lowest BCUT2D eigenvalue weighted by molar-refractivity contribution is 0.121. The number of hydrogen-bond acceptors (Lipinski definition) is 8. The second-order valence-electron chi connectivity index (χ2n) is 9.30. The monoisotopic (exact) mass is 491 g/mol. The first-order valence-corrected chi connectivity index (χ1v) is 11.8. The van der Waals surface area contributed by atoms with Crippen molar-refractivity contribution in [1.82, 2.24) is 19.5 Å². The molecule has 0 unspecified atom stereocenters. The molecule has 0 bridgehead atoms. The summed E-state index contributed by atoms with van der Waals surface area (Å²) in [6.07, 6.45) is 7.12. The smallest absolute Gasteiger partial charge is 0.165 e. The highest BCUT2D eigenvalue weighted by molar-refractivity contribution is 5.84. The van der Waals surface area contributed by atoms with Crippen molar-refractivity contribution in [3.63, 3.8) is 0 Å². The minimum absolute atomic E-state index is 0.192. The van der Waals surface area contributed by atoms with E-state index in [4.69, 9.17) is 25.9 Å². The molecule has 0 amide bonds. The molecule has 0 radical (unpaired) electrons. The van der Waals surface area contributed by atoms with E-state index >= 15 is 0 Å². The van der Waals surface area contributed by atoms with Crippen LogP contribution in [0, 0.1) is 5.82 Å². The van der Waals surface area contributed by atoms with Gasteiger partial charge in [0.2, 0.25) is 0 Å². The lowest BCUT2D eigenvalue weighted by Gasteiger charge is -2.41. The second-order valence-corrected chi connectivity index (χ2v) is 9.30. The molecule has 1 fully saturated rings. The van der Waals surface area contributed by atoms with Crippen molar-refractivity contribution in [2.45, 2.75) is 24.9 Å². The third-order valence-electron chi connectivity index (χ3n) is 6.70. The number of fused-ring (bicyclic) bond motifs is 1. The molecule has 3 aromatic heterocycles. The molecule has 0 saturated carbocycles. The van der Waals surface area contributed by atoms with E-state index in [1.54, 1.807) is 31.8 Å². The summed E-state index contributed by atoms with van der Waals surface area (Å²) in [6.45, 7) is 2.50. The Kier molecular flexibility index (Phi) is 6.46. The van der Waals surface area contributed by atoms with Crippen molar-refractivity contribution in [3.8, 4) is 17.0 Å². The number of methoxy groups -OCH3 is 2. The summed E-state index contributed by atoms with van der Waals surface area (Å²) < 4.78 is 27.0. The van der Waals surface area contributed by atoms with Crippen molar-refractivity contribution in [1.29, 1.82) is 0 Å². The minimum Gasteiger partial charge on any atom is -0.494 e. The molecule has 4 heterocycles. The first-order valence-electron chi connectivity index (χ1n) is 11.8. The number of imidazole rings is 1. The average Bonchev–Trinajstić information content (AvgIpc) is 3.28. The Morgan fingerprint density at radius 1 is 1.14 bits per heavy atom. The number of hydrogen-bond donors (Lipinski definition) is 2. The zero-order valence-electron chi connectivity index (χ0n) is 20.4. The number of pyridine rings is 2. The van der Waals surface area contributed by atoms with Gasteiger partial charge in [-0.1, -0.05) is 0 Å². The Morgan fingerprint density at radius 2 is 2.00 bits per heavy atom. The molecule has 1 atom stereocenters. The van der Waals surface area contributed by atoms with Gasteiger partial charge >= 0.3 is 0 Å². The van der Waals surface area contributed by atoms with Gasteiger partial charge < -0.3 is 30.4 Å². The molecule has 5 rings (SSSR count). The van der Waals surface area contributed by atoms with E-state index in [0.717, 1.165) is 36.2 Å². The Morgan fingerprint density at radius 3 is 2.78 bits per heavy atom. The molecule has 0 aliphatic carbocycles. The molecule has 9 nitrogen and oxygen atoms in total. The number of nitrogens with two attached hydrogens (primary N) is 2. The van der Waals surface area contributed by atoms with Crippen molar-refractivity contribution in [3.05, 3.63) is 60.4 Å². The lowest BCUT2D eigenvalue weighted by Crippen LogP contribution is -2.57. The van der Waals surface area contributed by atoms with Crippen LogP contribution < -0.4 is 21.1 Å². The predicted octanol–water partition coefficient (Wildman–Crippen LogP) is 3.22. The highest BCUT2D eigenvalue weighted by atomic mass is 19.1. The van der Waals surface area contributed by atoms with E-state index < -0.39 is 11.4 Å². The van der Waals surface area contributed by atoms with Crippen molar-refractivity contribution in [2.75, 3.05) is 44.5 Å². The van der Waals surface area contributed by atoms with Gasteiger partial charge in [0.05, 0.1) is 55.2 Å². The van der Waals surface area contributed by atoms with E-state index in [-0.39, 0.29) is 5.75 Å². The van der Waals surface area contributed by atoms with E-state index in [9.17, 15) is 4.39 Å². The largest absolute Gasteiger partial charge is 0.494 e. The van der Waals surface area contributed by atoms with Crippen LogP contribution in [0.1, 0.15) is 18.4 Å². The lowest BCUT2D eigenvalue weighted by atomic mass is 9.90. The number of piperidine rings is 1. The molecule has 1 aromatic carbocycles. The molecular weight excluding hydrogens is 461 g/mol. The van der Waals surface area contributed by atoms with Crippen LogP contribution in [0.3, 0.4) is 0 Å². The van der Waals surface area contributed by atoms with E-state index in [1.807, 2.05) is 22.9 Å². The Hall–Kier alpha value is -3.76. The van der Waals surface area contributed by atoms with E-state index in [0.29, 0.717) is 42.3 Å². The van der Waals surface area contributed by atoms with Gasteiger partial charge in [0, 0.05) is 32.0 Å². The fraction of sp³-hybridized carbons (Fsp3) is 0.346. The Balaban J connectivity index is 1.57. The summed E-state index contributed by atoms with van der Waals surface area (Å²) in [7, 11) is 3.12. The highest BCUT2D eigenvalue weighted by Crippen LogP contribution is 2.32. The van der Waals surface area contributed by atoms with Crippen LogP contribution >= 0.6 is 0 Å². The molecule has 4 aromatic rings. The van der Waals surface area contributed by atoms with Gasteiger partial charge in [0.1, 0.15) is 5.52 Å². The van der Waals surface area contributed by atoms with Gasteiger partial charge in [-0.05, 0) is 48.7 Å². The molecule has 188 valence electrons. The number of aromatic nitrogens is 4. The summed E-state index contributed by atoms with van der Waals surface area (Å²) in [5.41, 5.74) is 17.1. The molecule has 1 aliphatic heterocycles. The van der Waals surface area contributed by atoms with Crippen LogP contribution in [0.5, 0.6) is 5.75 Å². The molecule has 36 heavy (non-hydrogen) atoms. The first-order chi connectivity index (χ1) is 17.4. The fourth-order valence-electron chi connectivity index (χ4n) is 4.98. The van der Waals surface area contributed by atoms with Crippen molar-refractivity contribution in [2.24, 2.45) is 5.73 Å². The Labute approximate surface area is 208 Å². The minimum atomic E-state index is -0.441. The van der Waals surface area contributed by atoms with Crippen LogP contribution in [0.25, 0.3) is 22.3 Å². The number of rotatable bonds is 7. The average molecular weight is 492 g/mol. The third kappa shape index (κ3) is 4.57. The number of halogens is 1. The normalized spacial score (nSPS) is 18.1. The highest BCUT2D eigenvalue weighted by Gasteiger charge is 2.33. The first kappa shape index (κ1) is 24.0. The zero-order valence-corrected chi connectivity index (χ0v) is 20.4. The summed E-state index contributed by atoms with van der Waals surface area (Å²) in [5.74, 6) is 0.144. The Bertz CT molecular complexity index is 1390. The van der Waals surface area contributed by atoms with Crippen LogP contribution in [-0.2, 0) is 11.3 Å². The standard InChI is InChI=1S/C26H30FN7O2/c1-35-15-26(29)7-3-9-33(14-26)22-12-31-20(17-4-5-23(36-2)19(27)10-17)11-18(22)13-34-16-32-24-21(34)6-8-30-25(24)28/h4-6,8,10-12,16H,3,7,9,13-15,29H2,1-2H3,(H2,28,30)/t26-/m1/s1. The molecule has 10 heteroatoms. The maximum atomic E-state index is 14.5.